The van der Waals surface area contributed by atoms with E-state index < -0.39 is 0 Å². The molecule has 0 aromatic carbocycles. The van der Waals surface area contributed by atoms with E-state index in [0.29, 0.717) is 19.6 Å². The minimum Gasteiger partial charge on any atom is -0.463 e. The van der Waals surface area contributed by atoms with Crippen LogP contribution in [0.2, 0.25) is 6.82 Å². The zero-order valence-corrected chi connectivity index (χ0v) is 18.0. The second-order valence-corrected chi connectivity index (χ2v) is 8.04. The Morgan fingerprint density at radius 3 is 1.78 bits per heavy atom. The van der Waals surface area contributed by atoms with Crippen molar-refractivity contribution in [3.63, 3.8) is 0 Å². The first-order valence-electron chi connectivity index (χ1n) is 11.6. The molecule has 1 saturated heterocycles. The Hall–Kier alpha value is -0.545. The molecule has 1 aliphatic heterocycles. The van der Waals surface area contributed by atoms with E-state index in [1.54, 1.807) is 0 Å². The summed E-state index contributed by atoms with van der Waals surface area (Å²) in [6.45, 7) is 4.98. The highest BCUT2D eigenvalue weighted by atomic mass is 16.7. The zero-order valence-electron chi connectivity index (χ0n) is 18.0. The van der Waals surface area contributed by atoms with E-state index >= 15 is 0 Å². The van der Waals surface area contributed by atoms with E-state index in [0.717, 1.165) is 12.8 Å². The maximum Gasteiger partial charge on any atom is 0.454 e. The van der Waals surface area contributed by atoms with Gasteiger partial charge < -0.3 is 14.0 Å². The molecule has 5 heteroatoms. The number of carbonyl (C=O) groups is 1. The Kier molecular flexibility index (Phi) is 15.9. The summed E-state index contributed by atoms with van der Waals surface area (Å²) in [4.78, 5) is 11.7. The fourth-order valence-electron chi connectivity index (χ4n) is 3.58. The first kappa shape index (κ1) is 24.5. The smallest absolute Gasteiger partial charge is 0.454 e. The van der Waals surface area contributed by atoms with Gasteiger partial charge in [-0.25, -0.2) is 0 Å². The van der Waals surface area contributed by atoms with Gasteiger partial charge in [-0.15, -0.1) is 0 Å². The second kappa shape index (κ2) is 17.5. The lowest BCUT2D eigenvalue weighted by atomic mass is 9.97. The van der Waals surface area contributed by atoms with Crippen molar-refractivity contribution in [3.8, 4) is 0 Å². The third-order valence-electron chi connectivity index (χ3n) is 5.32. The molecule has 0 radical (unpaired) electrons. The lowest BCUT2D eigenvalue weighted by Crippen LogP contribution is -2.21. The van der Waals surface area contributed by atoms with Crippen molar-refractivity contribution in [2.45, 2.75) is 123 Å². The van der Waals surface area contributed by atoms with Gasteiger partial charge in [-0.05, 0) is 13.2 Å². The summed E-state index contributed by atoms with van der Waals surface area (Å²) in [5, 5.41) is 0. The standard InChI is InChI=1S/C22H43BO4/c1-3-4-5-6-7-8-9-10-11-12-13-14-15-16-17-18-22(24)25-19-21-20-26-23(2)27-21/h21H,3-20H2,1-2H3. The third-order valence-corrected chi connectivity index (χ3v) is 5.32. The Bertz CT molecular complexity index is 351. The average Bonchev–Trinajstić information content (AvgIpc) is 3.08. The second-order valence-electron chi connectivity index (χ2n) is 8.04. The molecule has 0 aromatic rings. The maximum absolute atomic E-state index is 11.7. The normalized spacial score (nSPS) is 16.8. The molecule has 1 atom stereocenters. The van der Waals surface area contributed by atoms with Gasteiger partial charge in [0.15, 0.2) is 0 Å². The van der Waals surface area contributed by atoms with Crippen LogP contribution in [0.5, 0.6) is 0 Å². The van der Waals surface area contributed by atoms with Gasteiger partial charge in [0.1, 0.15) is 6.61 Å². The molecule has 1 aliphatic rings. The van der Waals surface area contributed by atoms with Gasteiger partial charge in [-0.1, -0.05) is 96.8 Å². The van der Waals surface area contributed by atoms with E-state index in [4.69, 9.17) is 14.0 Å². The number of ether oxygens (including phenoxy) is 1. The number of hydrogen-bond donors (Lipinski definition) is 0. The van der Waals surface area contributed by atoms with Crippen molar-refractivity contribution >= 4 is 13.1 Å². The van der Waals surface area contributed by atoms with Gasteiger partial charge >= 0.3 is 13.1 Å². The summed E-state index contributed by atoms with van der Waals surface area (Å²) in [6, 6.07) is 0. The van der Waals surface area contributed by atoms with E-state index in [1.807, 2.05) is 6.82 Å². The van der Waals surface area contributed by atoms with E-state index in [9.17, 15) is 4.79 Å². The monoisotopic (exact) mass is 382 g/mol. The molecule has 1 heterocycles. The number of carbonyl (C=O) groups excluding carboxylic acids is 1. The van der Waals surface area contributed by atoms with Crippen molar-refractivity contribution in [2.24, 2.45) is 0 Å². The molecular weight excluding hydrogens is 339 g/mol. The molecule has 0 N–H and O–H groups in total. The highest BCUT2D eigenvalue weighted by molar-refractivity contribution is 6.43. The van der Waals surface area contributed by atoms with Crippen molar-refractivity contribution in [1.82, 2.24) is 0 Å². The van der Waals surface area contributed by atoms with Crippen LogP contribution in [-0.4, -0.2) is 32.4 Å². The third kappa shape index (κ3) is 15.1. The van der Waals surface area contributed by atoms with Crippen LogP contribution in [0.4, 0.5) is 0 Å². The number of rotatable bonds is 18. The minimum absolute atomic E-state index is 0.0926. The summed E-state index contributed by atoms with van der Waals surface area (Å²) >= 11 is 0. The summed E-state index contributed by atoms with van der Waals surface area (Å²) in [5.74, 6) is -0.104. The Morgan fingerprint density at radius 2 is 1.33 bits per heavy atom. The summed E-state index contributed by atoms with van der Waals surface area (Å²) < 4.78 is 16.0. The highest BCUT2D eigenvalue weighted by Crippen LogP contribution is 2.14. The fourth-order valence-corrected chi connectivity index (χ4v) is 3.58. The summed E-state index contributed by atoms with van der Waals surface area (Å²) in [6.07, 6.45) is 20.5. The van der Waals surface area contributed by atoms with Crippen LogP contribution >= 0.6 is 0 Å². The van der Waals surface area contributed by atoms with Crippen LogP contribution in [0.25, 0.3) is 0 Å². The molecule has 4 nitrogen and oxygen atoms in total. The molecule has 0 bridgehead atoms. The molecule has 158 valence electrons. The van der Waals surface area contributed by atoms with E-state index in [2.05, 4.69) is 6.92 Å². The minimum atomic E-state index is -0.177. The lowest BCUT2D eigenvalue weighted by Gasteiger charge is -2.10. The molecular formula is C22H43BO4. The molecule has 0 amide bonds. The summed E-state index contributed by atoms with van der Waals surface area (Å²) in [7, 11) is -0.177. The molecule has 1 fully saturated rings. The van der Waals surface area contributed by atoms with Crippen LogP contribution in [0.3, 0.4) is 0 Å². The quantitative estimate of drug-likeness (QED) is 0.158. The van der Waals surface area contributed by atoms with Crippen molar-refractivity contribution in [1.29, 1.82) is 0 Å². The highest BCUT2D eigenvalue weighted by Gasteiger charge is 2.27. The molecule has 0 aliphatic carbocycles. The Labute approximate surface area is 168 Å². The van der Waals surface area contributed by atoms with Gasteiger partial charge in [0.25, 0.3) is 0 Å². The number of unbranched alkanes of at least 4 members (excludes halogenated alkanes) is 14. The summed E-state index contributed by atoms with van der Waals surface area (Å²) in [5.41, 5.74) is 0. The Balaban J connectivity index is 1.73. The van der Waals surface area contributed by atoms with Gasteiger partial charge in [-0.3, -0.25) is 4.79 Å². The SMILES string of the molecule is CCCCCCCCCCCCCCCCCC(=O)OCC1COB(C)O1. The first-order valence-corrected chi connectivity index (χ1v) is 11.6. The molecule has 27 heavy (non-hydrogen) atoms. The van der Waals surface area contributed by atoms with Crippen molar-refractivity contribution in [3.05, 3.63) is 0 Å². The Morgan fingerprint density at radius 1 is 0.852 bits per heavy atom. The first-order chi connectivity index (χ1) is 13.2. The van der Waals surface area contributed by atoms with Crippen LogP contribution in [-0.2, 0) is 18.8 Å². The van der Waals surface area contributed by atoms with Crippen LogP contribution in [0.15, 0.2) is 0 Å². The maximum atomic E-state index is 11.7. The number of hydrogen-bond acceptors (Lipinski definition) is 4. The van der Waals surface area contributed by atoms with E-state index in [1.165, 1.54) is 83.5 Å². The van der Waals surface area contributed by atoms with Gasteiger partial charge in [0.2, 0.25) is 0 Å². The predicted octanol–water partition coefficient (Wildman–Crippen LogP) is 6.32. The van der Waals surface area contributed by atoms with Crippen molar-refractivity contribution in [2.75, 3.05) is 13.2 Å². The zero-order chi connectivity index (χ0) is 19.6. The van der Waals surface area contributed by atoms with E-state index in [-0.39, 0.29) is 19.2 Å². The van der Waals surface area contributed by atoms with Gasteiger partial charge in [0, 0.05) is 6.42 Å². The average molecular weight is 382 g/mol. The molecule has 0 saturated carbocycles. The molecule has 1 rings (SSSR count). The fraction of sp³-hybridized carbons (Fsp3) is 0.955. The largest absolute Gasteiger partial charge is 0.463 e. The molecule has 1 unspecified atom stereocenters. The van der Waals surface area contributed by atoms with Crippen molar-refractivity contribution < 1.29 is 18.8 Å². The van der Waals surface area contributed by atoms with Crippen LogP contribution in [0.1, 0.15) is 110 Å². The van der Waals surface area contributed by atoms with Crippen LogP contribution < -0.4 is 0 Å². The topological polar surface area (TPSA) is 44.8 Å². The van der Waals surface area contributed by atoms with Gasteiger partial charge in [0.05, 0.1) is 12.7 Å². The molecule has 0 aromatic heterocycles. The number of esters is 1. The predicted molar refractivity (Wildman–Crippen MR) is 113 cm³/mol. The lowest BCUT2D eigenvalue weighted by molar-refractivity contribution is -0.146. The molecule has 0 spiro atoms. The van der Waals surface area contributed by atoms with Crippen LogP contribution in [0, 0.1) is 0 Å². The van der Waals surface area contributed by atoms with Gasteiger partial charge in [-0.2, -0.15) is 0 Å².